The number of hydrogen-bond donors (Lipinski definition) is 0. The smallest absolute Gasteiger partial charge is 0.0991 e. The van der Waals surface area contributed by atoms with Crippen molar-refractivity contribution in [2.75, 3.05) is 0 Å². The molecule has 264 valence electrons. The van der Waals surface area contributed by atoms with Crippen molar-refractivity contribution < 1.29 is 0 Å². The first-order chi connectivity index (χ1) is 27.6. The van der Waals surface area contributed by atoms with Gasteiger partial charge in [-0.3, -0.25) is 4.99 Å². The number of nitrogens with zero attached hydrogens (tertiary/aromatic N) is 2. The predicted molar refractivity (Wildman–Crippen MR) is 234 cm³/mol. The Morgan fingerprint density at radius 3 is 1.48 bits per heavy atom. The van der Waals surface area contributed by atoms with Gasteiger partial charge < -0.3 is 0 Å². The van der Waals surface area contributed by atoms with E-state index in [1.165, 1.54) is 38.6 Å². The van der Waals surface area contributed by atoms with E-state index in [0.717, 1.165) is 55.9 Å². The molecule has 0 radical (unpaired) electrons. The average molecular weight is 715 g/mol. The van der Waals surface area contributed by atoms with Crippen LogP contribution in [-0.2, 0) is 0 Å². The quantitative estimate of drug-likeness (QED) is 0.0877. The maximum atomic E-state index is 9.31. The third-order valence-electron chi connectivity index (χ3n) is 11.0. The fourth-order valence-electron chi connectivity index (χ4n) is 8.27. The van der Waals surface area contributed by atoms with E-state index in [0.29, 0.717) is 5.56 Å². The highest BCUT2D eigenvalue weighted by Crippen LogP contribution is 2.51. The van der Waals surface area contributed by atoms with Gasteiger partial charge in [0.1, 0.15) is 0 Å². The number of allylic oxidation sites excluding steroid dienone is 2. The first kappa shape index (κ1) is 34.4. The molecule has 0 N–H and O–H groups in total. The van der Waals surface area contributed by atoms with Gasteiger partial charge in [-0.2, -0.15) is 5.26 Å². The van der Waals surface area contributed by atoms with E-state index in [1.807, 2.05) is 24.3 Å². The second-order valence-electron chi connectivity index (χ2n) is 14.3. The molecule has 0 spiro atoms. The Morgan fingerprint density at radius 1 is 0.482 bits per heavy atom. The molecule has 1 aliphatic rings. The average Bonchev–Trinajstić information content (AvgIpc) is 3.61. The van der Waals surface area contributed by atoms with Crippen molar-refractivity contribution in [2.45, 2.75) is 12.8 Å². The lowest BCUT2D eigenvalue weighted by atomic mass is 9.81. The van der Waals surface area contributed by atoms with Crippen LogP contribution >= 0.6 is 0 Å². The molecule has 0 unspecified atom stereocenters. The minimum absolute atomic E-state index is 0.00997. The number of hydrogen-bond acceptors (Lipinski definition) is 2. The molecule has 8 aromatic carbocycles. The normalized spacial score (nSPS) is 12.8. The lowest BCUT2D eigenvalue weighted by molar-refractivity contribution is 1.03. The van der Waals surface area contributed by atoms with Crippen LogP contribution in [0, 0.1) is 11.3 Å². The number of aliphatic imine (C=N–C) groups is 1. The topological polar surface area (TPSA) is 36.1 Å². The molecule has 0 atom stereocenters. The van der Waals surface area contributed by atoms with Crippen LogP contribution < -0.4 is 0 Å². The second-order valence-corrected chi connectivity index (χ2v) is 14.3. The van der Waals surface area contributed by atoms with E-state index in [2.05, 4.69) is 183 Å². The molecule has 0 amide bonds. The van der Waals surface area contributed by atoms with Crippen LogP contribution in [0.25, 0.3) is 55.4 Å². The zero-order valence-electron chi connectivity index (χ0n) is 31.2. The first-order valence-corrected chi connectivity index (χ1v) is 19.0. The van der Waals surface area contributed by atoms with E-state index in [-0.39, 0.29) is 5.92 Å². The highest BCUT2D eigenvalue weighted by atomic mass is 14.8. The van der Waals surface area contributed by atoms with Gasteiger partial charge in [0.25, 0.3) is 0 Å². The van der Waals surface area contributed by atoms with Crippen molar-refractivity contribution in [3.8, 4) is 39.4 Å². The Balaban J connectivity index is 1.15. The zero-order chi connectivity index (χ0) is 38.0. The fraction of sp³-hybridized carbons (Fsp3) is 0.0370. The SMILES string of the molecule is C=C(/C(=C(\N=C(/C)c1ccc(-c2ccc(-c3ccc(C#N)cc3)c3ccccc23)cc1)c1ccccc1)c1ccccc1)C1c2ccccc2-c2ccccc21. The van der Waals surface area contributed by atoms with E-state index in [4.69, 9.17) is 11.6 Å². The molecule has 2 nitrogen and oxygen atoms in total. The summed E-state index contributed by atoms with van der Waals surface area (Å²) < 4.78 is 0. The molecule has 0 aliphatic heterocycles. The summed E-state index contributed by atoms with van der Waals surface area (Å²) in [5.74, 6) is -0.00997. The summed E-state index contributed by atoms with van der Waals surface area (Å²) in [7, 11) is 0. The maximum Gasteiger partial charge on any atom is 0.0991 e. The Bertz CT molecular complexity index is 2810. The lowest BCUT2D eigenvalue weighted by Gasteiger charge is -2.23. The van der Waals surface area contributed by atoms with Gasteiger partial charge in [0.2, 0.25) is 0 Å². The molecule has 56 heavy (non-hydrogen) atoms. The fourth-order valence-corrected chi connectivity index (χ4v) is 8.27. The van der Waals surface area contributed by atoms with Gasteiger partial charge >= 0.3 is 0 Å². The summed E-state index contributed by atoms with van der Waals surface area (Å²) in [5.41, 5.74) is 17.3. The molecule has 0 bridgehead atoms. The van der Waals surface area contributed by atoms with Crippen molar-refractivity contribution in [3.05, 3.63) is 240 Å². The first-order valence-electron chi connectivity index (χ1n) is 19.0. The van der Waals surface area contributed by atoms with Crippen LogP contribution in [0.5, 0.6) is 0 Å². The minimum atomic E-state index is -0.00997. The number of fused-ring (bicyclic) bond motifs is 4. The Morgan fingerprint density at radius 2 is 0.946 bits per heavy atom. The Kier molecular flexibility index (Phi) is 9.11. The Hall–Kier alpha value is -7.34. The molecule has 1 aliphatic carbocycles. The molecular formula is C54H38N2. The summed E-state index contributed by atoms with van der Waals surface area (Å²) in [6.45, 7) is 7.00. The Labute approximate surface area is 328 Å². The van der Waals surface area contributed by atoms with Crippen LogP contribution in [0.3, 0.4) is 0 Å². The van der Waals surface area contributed by atoms with Gasteiger partial charge in [-0.15, -0.1) is 0 Å². The molecule has 0 saturated carbocycles. The molecular weight excluding hydrogens is 677 g/mol. The molecule has 0 saturated heterocycles. The van der Waals surface area contributed by atoms with Gasteiger partial charge in [0, 0.05) is 22.8 Å². The van der Waals surface area contributed by atoms with Crippen LogP contribution in [0.4, 0.5) is 0 Å². The van der Waals surface area contributed by atoms with E-state index in [9.17, 15) is 5.26 Å². The van der Waals surface area contributed by atoms with Gasteiger partial charge in [-0.1, -0.05) is 189 Å². The maximum absolute atomic E-state index is 9.31. The minimum Gasteiger partial charge on any atom is -0.252 e. The van der Waals surface area contributed by atoms with E-state index < -0.39 is 0 Å². The zero-order valence-corrected chi connectivity index (χ0v) is 31.2. The molecule has 9 rings (SSSR count). The van der Waals surface area contributed by atoms with Crippen molar-refractivity contribution in [1.82, 2.24) is 0 Å². The monoisotopic (exact) mass is 714 g/mol. The largest absolute Gasteiger partial charge is 0.252 e. The van der Waals surface area contributed by atoms with Crippen LogP contribution in [0.2, 0.25) is 0 Å². The number of nitriles is 1. The van der Waals surface area contributed by atoms with Crippen LogP contribution in [-0.4, -0.2) is 5.71 Å². The number of benzene rings is 8. The van der Waals surface area contributed by atoms with Crippen molar-refractivity contribution in [1.29, 1.82) is 5.26 Å². The molecule has 0 heterocycles. The van der Waals surface area contributed by atoms with Crippen molar-refractivity contribution in [2.24, 2.45) is 4.99 Å². The van der Waals surface area contributed by atoms with E-state index >= 15 is 0 Å². The summed E-state index contributed by atoms with van der Waals surface area (Å²) in [4.78, 5) is 5.52. The molecule has 0 fully saturated rings. The highest BCUT2D eigenvalue weighted by Gasteiger charge is 2.33. The molecule has 0 aromatic heterocycles. The lowest BCUT2D eigenvalue weighted by Crippen LogP contribution is -2.06. The summed E-state index contributed by atoms with van der Waals surface area (Å²) in [6, 6.07) is 70.3. The van der Waals surface area contributed by atoms with Crippen LogP contribution in [0.1, 0.15) is 46.2 Å². The second kappa shape index (κ2) is 14.8. The van der Waals surface area contributed by atoms with Gasteiger partial charge in [-0.05, 0) is 91.0 Å². The van der Waals surface area contributed by atoms with Gasteiger partial charge in [0.05, 0.1) is 17.3 Å². The third-order valence-corrected chi connectivity index (χ3v) is 11.0. The summed E-state index contributed by atoms with van der Waals surface area (Å²) in [6.07, 6.45) is 0. The van der Waals surface area contributed by atoms with E-state index in [1.54, 1.807) is 0 Å². The third kappa shape index (κ3) is 6.26. The van der Waals surface area contributed by atoms with Crippen molar-refractivity contribution in [3.63, 3.8) is 0 Å². The molecule has 8 aromatic rings. The van der Waals surface area contributed by atoms with Gasteiger partial charge in [-0.25, -0.2) is 0 Å². The summed E-state index contributed by atoms with van der Waals surface area (Å²) >= 11 is 0. The summed E-state index contributed by atoms with van der Waals surface area (Å²) in [5, 5.41) is 11.7. The number of rotatable bonds is 8. The molecule has 2 heteroatoms. The predicted octanol–water partition coefficient (Wildman–Crippen LogP) is 13.8. The standard InChI is InChI=1S/C54H38N2/c1-36(53-50-23-13-11-21-48(50)49-22-12-14-24-51(49)53)52(42-15-5-3-6-16-42)54(43-17-7-4-8-18-43)56-37(2)39-29-31-41(32-30-39)45-34-33-44(46-19-9-10-20-47(45)46)40-27-25-38(35-55)26-28-40/h3-34,53H,1H2,2H3/b54-52+,56-37+. The van der Waals surface area contributed by atoms with Crippen molar-refractivity contribution >= 4 is 27.8 Å². The van der Waals surface area contributed by atoms with Gasteiger partial charge in [0.15, 0.2) is 0 Å². The van der Waals surface area contributed by atoms with Crippen LogP contribution in [0.15, 0.2) is 211 Å². The highest BCUT2D eigenvalue weighted by molar-refractivity contribution is 6.09.